The van der Waals surface area contributed by atoms with Crippen molar-refractivity contribution in [1.82, 2.24) is 15.2 Å². The number of nitrogen functional groups attached to an aromatic ring is 1. The minimum absolute atomic E-state index is 0.167. The molecule has 0 spiro atoms. The largest absolute Gasteiger partial charge is 0.397 e. The van der Waals surface area contributed by atoms with Gasteiger partial charge >= 0.3 is 0 Å². The summed E-state index contributed by atoms with van der Waals surface area (Å²) in [6.45, 7) is 7.16. The number of carbonyl (C=O) groups is 1. The zero-order chi connectivity index (χ0) is 28.9. The summed E-state index contributed by atoms with van der Waals surface area (Å²) in [5, 5.41) is 18.7. The lowest BCUT2D eigenvalue weighted by molar-refractivity contribution is 0.0904. The van der Waals surface area contributed by atoms with Gasteiger partial charge in [-0.15, -0.1) is 0 Å². The minimum atomic E-state index is -0.407. The monoisotopic (exact) mass is 576 g/mol. The van der Waals surface area contributed by atoms with Gasteiger partial charge < -0.3 is 36.2 Å². The van der Waals surface area contributed by atoms with Crippen molar-refractivity contribution < 1.29 is 9.53 Å². The molecule has 2 saturated heterocycles. The molecule has 1 amide bonds. The molecule has 3 aromatic rings. The first-order chi connectivity index (χ1) is 19.8. The Kier molecular flexibility index (Phi) is 8.92. The van der Waals surface area contributed by atoms with E-state index in [1.165, 1.54) is 0 Å². The molecule has 41 heavy (non-hydrogen) atoms. The number of halogens is 1. The number of benzene rings is 2. The summed E-state index contributed by atoms with van der Waals surface area (Å²) >= 11 is 6.34. The summed E-state index contributed by atoms with van der Waals surface area (Å²) in [6.07, 6.45) is 1.72. The Hall–Kier alpha value is -3.86. The number of amidine groups is 1. The second-order valence-electron chi connectivity index (χ2n) is 10.6. The molecule has 2 aliphatic heterocycles. The van der Waals surface area contributed by atoms with Crippen molar-refractivity contribution in [3.8, 4) is 0 Å². The minimum Gasteiger partial charge on any atom is -0.397 e. The van der Waals surface area contributed by atoms with Crippen molar-refractivity contribution >= 4 is 51.9 Å². The molecule has 10 nitrogen and oxygen atoms in total. The van der Waals surface area contributed by atoms with Crippen LogP contribution in [0.15, 0.2) is 48.5 Å². The molecule has 0 unspecified atom stereocenters. The molecule has 1 aromatic heterocycles. The molecular formula is C30H37ClN8O2. The van der Waals surface area contributed by atoms with Gasteiger partial charge in [0.25, 0.3) is 5.91 Å². The summed E-state index contributed by atoms with van der Waals surface area (Å²) < 4.78 is 5.52. The molecule has 2 aromatic carbocycles. The highest BCUT2D eigenvalue weighted by atomic mass is 35.5. The summed E-state index contributed by atoms with van der Waals surface area (Å²) in [7, 11) is 2.13. The van der Waals surface area contributed by atoms with Crippen LogP contribution >= 0.6 is 11.6 Å². The molecular weight excluding hydrogens is 540 g/mol. The molecule has 6 N–H and O–H groups in total. The van der Waals surface area contributed by atoms with E-state index in [1.807, 2.05) is 37.3 Å². The van der Waals surface area contributed by atoms with Crippen molar-refractivity contribution in [2.24, 2.45) is 0 Å². The highest BCUT2D eigenvalue weighted by Gasteiger charge is 2.22. The number of likely N-dealkylation sites (N-methyl/N-ethyl adjacent to an activating group) is 1. The number of nitrogens with zero attached hydrogens (tertiary/aromatic N) is 3. The van der Waals surface area contributed by atoms with Crippen molar-refractivity contribution in [3.63, 3.8) is 0 Å². The zero-order valence-corrected chi connectivity index (χ0v) is 24.2. The van der Waals surface area contributed by atoms with E-state index < -0.39 is 5.91 Å². The molecule has 5 rings (SSSR count). The van der Waals surface area contributed by atoms with Crippen LogP contribution in [0, 0.1) is 12.3 Å². The average Bonchev–Trinajstić information content (AvgIpc) is 2.97. The van der Waals surface area contributed by atoms with Gasteiger partial charge in [0, 0.05) is 56.8 Å². The molecule has 2 fully saturated rings. The SMILES string of the molecule is Cc1ccc(Cl)c(Nc2ccc(N)c(C(=N)NC(=O)c3ccc(N4CCN(C)CC4)cc3NC3CCOCC3)n2)c1. The fourth-order valence-corrected chi connectivity index (χ4v) is 5.19. The Morgan fingerprint density at radius 1 is 1.05 bits per heavy atom. The standard InChI is InChI=1S/C30H37ClN8O2/c1-19-3-6-23(31)26(17-19)35-27-8-7-24(32)28(36-27)29(33)37-30(40)22-5-4-21(39-13-11-38(2)12-14-39)18-25(22)34-20-9-15-41-16-10-20/h3-8,17-18,20,34H,9-16,32H2,1-2H3,(H,35,36)(H2,33,37,40). The fourth-order valence-electron chi connectivity index (χ4n) is 5.03. The zero-order valence-electron chi connectivity index (χ0n) is 23.5. The molecule has 3 heterocycles. The molecule has 0 radical (unpaired) electrons. The summed E-state index contributed by atoms with van der Waals surface area (Å²) in [5.74, 6) is -0.137. The van der Waals surface area contributed by atoms with Crippen molar-refractivity contribution in [2.45, 2.75) is 25.8 Å². The normalized spacial score (nSPS) is 16.3. The number of aryl methyl sites for hydroxylation is 1. The van der Waals surface area contributed by atoms with Gasteiger partial charge in [-0.05, 0) is 74.8 Å². The van der Waals surface area contributed by atoms with Gasteiger partial charge in [0.15, 0.2) is 5.84 Å². The number of rotatable bonds is 7. The Balaban J connectivity index is 1.36. The highest BCUT2D eigenvalue weighted by molar-refractivity contribution is 6.33. The van der Waals surface area contributed by atoms with Gasteiger partial charge in [0.2, 0.25) is 0 Å². The van der Waals surface area contributed by atoms with E-state index in [-0.39, 0.29) is 23.3 Å². The lowest BCUT2D eigenvalue weighted by Gasteiger charge is -2.34. The maximum Gasteiger partial charge on any atom is 0.258 e. The molecule has 0 atom stereocenters. The van der Waals surface area contributed by atoms with Gasteiger partial charge in [0.1, 0.15) is 11.5 Å². The van der Waals surface area contributed by atoms with Crippen LogP contribution in [0.1, 0.15) is 34.5 Å². The van der Waals surface area contributed by atoms with Gasteiger partial charge in [-0.25, -0.2) is 4.98 Å². The lowest BCUT2D eigenvalue weighted by atomic mass is 10.1. The topological polar surface area (TPSA) is 132 Å². The molecule has 0 bridgehead atoms. The van der Waals surface area contributed by atoms with Crippen LogP contribution < -0.4 is 26.6 Å². The Bertz CT molecular complexity index is 1420. The van der Waals surface area contributed by atoms with Gasteiger partial charge in [-0.2, -0.15) is 0 Å². The number of ether oxygens (including phenoxy) is 1. The smallest absolute Gasteiger partial charge is 0.258 e. The third kappa shape index (κ3) is 7.08. The number of pyridine rings is 1. The van der Waals surface area contributed by atoms with Crippen LogP contribution in [0.4, 0.5) is 28.6 Å². The second-order valence-corrected chi connectivity index (χ2v) is 11.0. The number of amides is 1. The first-order valence-electron chi connectivity index (χ1n) is 13.9. The third-order valence-corrected chi connectivity index (χ3v) is 7.81. The second kappa shape index (κ2) is 12.8. The number of aromatic nitrogens is 1. The van der Waals surface area contributed by atoms with Crippen molar-refractivity contribution in [1.29, 1.82) is 5.41 Å². The fraction of sp³-hybridized carbons (Fsp3) is 0.367. The van der Waals surface area contributed by atoms with Crippen molar-refractivity contribution in [3.05, 3.63) is 70.4 Å². The molecule has 0 saturated carbocycles. The molecule has 2 aliphatic rings. The van der Waals surface area contributed by atoms with E-state index in [0.29, 0.717) is 35.3 Å². The summed E-state index contributed by atoms with van der Waals surface area (Å²) in [4.78, 5) is 22.7. The van der Waals surface area contributed by atoms with E-state index in [4.69, 9.17) is 27.5 Å². The highest BCUT2D eigenvalue weighted by Crippen LogP contribution is 2.28. The maximum atomic E-state index is 13.6. The van der Waals surface area contributed by atoms with Crippen LogP contribution in [0.25, 0.3) is 0 Å². The van der Waals surface area contributed by atoms with E-state index in [0.717, 1.165) is 56.0 Å². The van der Waals surface area contributed by atoms with Gasteiger partial charge in [-0.1, -0.05) is 17.7 Å². The van der Waals surface area contributed by atoms with Crippen molar-refractivity contribution in [2.75, 3.05) is 67.7 Å². The first kappa shape index (κ1) is 28.7. The number of hydrogen-bond donors (Lipinski definition) is 5. The number of nitrogens with one attached hydrogen (secondary N) is 4. The quantitative estimate of drug-likeness (QED) is 0.206. The van der Waals surface area contributed by atoms with Crippen LogP contribution in [-0.2, 0) is 4.74 Å². The predicted octanol–water partition coefficient (Wildman–Crippen LogP) is 4.47. The Morgan fingerprint density at radius 3 is 2.56 bits per heavy atom. The van der Waals surface area contributed by atoms with Gasteiger partial charge in [-0.3, -0.25) is 10.2 Å². The molecule has 11 heteroatoms. The number of hydrogen-bond acceptors (Lipinski definition) is 9. The van der Waals surface area contributed by atoms with Crippen LogP contribution in [-0.4, -0.2) is 74.1 Å². The number of anilines is 5. The van der Waals surface area contributed by atoms with E-state index in [2.05, 4.69) is 37.8 Å². The number of piperazine rings is 1. The summed E-state index contributed by atoms with van der Waals surface area (Å²) in [6, 6.07) is 15.0. The van der Waals surface area contributed by atoms with E-state index in [9.17, 15) is 4.79 Å². The summed E-state index contributed by atoms with van der Waals surface area (Å²) in [5.41, 5.74) is 10.6. The van der Waals surface area contributed by atoms with Crippen LogP contribution in [0.5, 0.6) is 0 Å². The number of carbonyl (C=O) groups excluding carboxylic acids is 1. The third-order valence-electron chi connectivity index (χ3n) is 7.48. The first-order valence-corrected chi connectivity index (χ1v) is 14.3. The Morgan fingerprint density at radius 2 is 1.80 bits per heavy atom. The number of nitrogens with two attached hydrogens (primary N) is 1. The lowest BCUT2D eigenvalue weighted by Crippen LogP contribution is -2.44. The Labute approximate surface area is 245 Å². The molecule has 0 aliphatic carbocycles. The van der Waals surface area contributed by atoms with E-state index in [1.54, 1.807) is 18.2 Å². The van der Waals surface area contributed by atoms with E-state index >= 15 is 0 Å². The van der Waals surface area contributed by atoms with Gasteiger partial charge in [0.05, 0.1) is 22.0 Å². The van der Waals surface area contributed by atoms with Crippen LogP contribution in [0.2, 0.25) is 5.02 Å². The molecule has 216 valence electrons. The predicted molar refractivity (Wildman–Crippen MR) is 166 cm³/mol. The van der Waals surface area contributed by atoms with Crippen LogP contribution in [0.3, 0.4) is 0 Å². The maximum absolute atomic E-state index is 13.6. The average molecular weight is 577 g/mol.